The first-order valence-corrected chi connectivity index (χ1v) is 5.22. The highest BCUT2D eigenvalue weighted by molar-refractivity contribution is 5.80. The van der Waals surface area contributed by atoms with Gasteiger partial charge in [0.05, 0.1) is 12.4 Å². The van der Waals surface area contributed by atoms with Crippen LogP contribution in [0.1, 0.15) is 24.1 Å². The third-order valence-electron chi connectivity index (χ3n) is 2.86. The molecule has 1 aliphatic rings. The zero-order valence-corrected chi connectivity index (χ0v) is 9.09. The number of nitrogens with one attached hydrogen (secondary N) is 3. The molecule has 1 aliphatic heterocycles. The molecule has 2 rings (SSSR count). The summed E-state index contributed by atoms with van der Waals surface area (Å²) in [5, 5.41) is 7.68. The van der Waals surface area contributed by atoms with Gasteiger partial charge in [-0.2, -0.15) is 0 Å². The predicted octanol–water partition coefficient (Wildman–Crippen LogP) is -0.0553. The lowest BCUT2D eigenvalue weighted by Crippen LogP contribution is -2.31. The Labute approximate surface area is 91.8 Å². The Balaban J connectivity index is 2.31. The van der Waals surface area contributed by atoms with Gasteiger partial charge in [-0.15, -0.1) is 0 Å². The maximum Gasteiger partial charge on any atom is 0.325 e. The van der Waals surface area contributed by atoms with Crippen LogP contribution in [0.5, 0.6) is 0 Å². The first-order valence-electron chi connectivity index (χ1n) is 5.22. The van der Waals surface area contributed by atoms with Gasteiger partial charge in [-0.1, -0.05) is 0 Å². The van der Waals surface area contributed by atoms with E-state index in [0.717, 1.165) is 19.4 Å². The van der Waals surface area contributed by atoms with Crippen molar-refractivity contribution >= 4 is 5.84 Å². The van der Waals surface area contributed by atoms with Gasteiger partial charge in [0.1, 0.15) is 0 Å². The van der Waals surface area contributed by atoms with Gasteiger partial charge >= 0.3 is 5.69 Å². The van der Waals surface area contributed by atoms with Crippen molar-refractivity contribution in [2.24, 2.45) is 0 Å². The van der Waals surface area contributed by atoms with Crippen LogP contribution in [0.25, 0.3) is 0 Å². The molecular formula is C10H14N4O2. The summed E-state index contributed by atoms with van der Waals surface area (Å²) in [6.45, 7) is 2.92. The molecule has 16 heavy (non-hydrogen) atoms. The van der Waals surface area contributed by atoms with E-state index in [1.165, 1.54) is 0 Å². The largest absolute Gasteiger partial charge is 0.355 e. The number of aromatic nitrogens is 2. The average Bonchev–Trinajstić information content (AvgIpc) is 2.60. The van der Waals surface area contributed by atoms with E-state index in [0.29, 0.717) is 23.6 Å². The lowest BCUT2D eigenvalue weighted by atomic mass is 10.2. The van der Waals surface area contributed by atoms with E-state index in [1.807, 2.05) is 4.90 Å². The minimum Gasteiger partial charge on any atom is -0.355 e. The fraction of sp³-hybridized carbons (Fsp3) is 0.500. The van der Waals surface area contributed by atoms with Crippen LogP contribution < -0.4 is 11.2 Å². The molecule has 1 aromatic heterocycles. The van der Waals surface area contributed by atoms with Crippen molar-refractivity contribution in [3.05, 3.63) is 32.1 Å². The molecular weight excluding hydrogens is 208 g/mol. The molecule has 1 aromatic rings. The smallest absolute Gasteiger partial charge is 0.325 e. The first-order chi connectivity index (χ1) is 7.58. The Morgan fingerprint density at radius 2 is 2.12 bits per heavy atom. The van der Waals surface area contributed by atoms with E-state index in [4.69, 9.17) is 5.41 Å². The van der Waals surface area contributed by atoms with Gasteiger partial charge in [0.15, 0.2) is 0 Å². The molecule has 2 heterocycles. The molecule has 0 saturated carbocycles. The molecule has 0 bridgehead atoms. The minimum atomic E-state index is -0.490. The van der Waals surface area contributed by atoms with Crippen LogP contribution in [-0.2, 0) is 6.54 Å². The van der Waals surface area contributed by atoms with Crippen LogP contribution in [-0.4, -0.2) is 27.2 Å². The second-order valence-corrected chi connectivity index (χ2v) is 3.98. The summed E-state index contributed by atoms with van der Waals surface area (Å²) in [7, 11) is 0. The maximum atomic E-state index is 11.4. The summed E-state index contributed by atoms with van der Waals surface area (Å²) in [5.41, 5.74) is 0.264. The highest BCUT2D eigenvalue weighted by Crippen LogP contribution is 2.13. The van der Waals surface area contributed by atoms with Gasteiger partial charge in [0, 0.05) is 24.2 Å². The number of nitrogens with zero attached hydrogens (tertiary/aromatic N) is 1. The summed E-state index contributed by atoms with van der Waals surface area (Å²) >= 11 is 0. The van der Waals surface area contributed by atoms with Crippen molar-refractivity contribution in [1.29, 1.82) is 5.41 Å². The molecule has 6 heteroatoms. The third-order valence-corrected chi connectivity index (χ3v) is 2.86. The number of rotatable bonds is 2. The van der Waals surface area contributed by atoms with Crippen molar-refractivity contribution in [3.8, 4) is 0 Å². The molecule has 0 spiro atoms. The van der Waals surface area contributed by atoms with Crippen LogP contribution in [0.3, 0.4) is 0 Å². The Kier molecular flexibility index (Phi) is 2.64. The van der Waals surface area contributed by atoms with Crippen LogP contribution >= 0.6 is 0 Å². The molecule has 0 amide bonds. The lowest BCUT2D eigenvalue weighted by molar-refractivity contribution is 0.437. The van der Waals surface area contributed by atoms with Crippen molar-refractivity contribution in [3.63, 3.8) is 0 Å². The van der Waals surface area contributed by atoms with Gasteiger partial charge in [0.25, 0.3) is 5.56 Å². The van der Waals surface area contributed by atoms with E-state index in [9.17, 15) is 9.59 Å². The van der Waals surface area contributed by atoms with E-state index >= 15 is 0 Å². The summed E-state index contributed by atoms with van der Waals surface area (Å²) in [6, 6.07) is 0. The lowest BCUT2D eigenvalue weighted by Gasteiger charge is -2.18. The Hall–Kier alpha value is -1.85. The van der Waals surface area contributed by atoms with E-state index < -0.39 is 5.69 Å². The van der Waals surface area contributed by atoms with Crippen LogP contribution in [0.4, 0.5) is 0 Å². The predicted molar refractivity (Wildman–Crippen MR) is 59.8 cm³/mol. The zero-order chi connectivity index (χ0) is 11.7. The molecule has 86 valence electrons. The summed E-state index contributed by atoms with van der Waals surface area (Å²) in [6.07, 6.45) is 1.73. The van der Waals surface area contributed by atoms with Crippen molar-refractivity contribution in [2.45, 2.75) is 26.3 Å². The number of hydrogen-bond donors (Lipinski definition) is 3. The van der Waals surface area contributed by atoms with E-state index in [2.05, 4.69) is 9.97 Å². The van der Waals surface area contributed by atoms with Gasteiger partial charge in [-0.3, -0.25) is 15.2 Å². The highest BCUT2D eigenvalue weighted by Gasteiger charge is 2.18. The number of H-pyrrole nitrogens is 2. The maximum absolute atomic E-state index is 11.4. The van der Waals surface area contributed by atoms with Crippen LogP contribution in [0.2, 0.25) is 0 Å². The SMILES string of the molecule is Cc1c(CN2CCCC2=N)[nH]c(=O)[nH]c1=O. The van der Waals surface area contributed by atoms with Gasteiger partial charge in [-0.25, -0.2) is 4.79 Å². The summed E-state index contributed by atoms with van der Waals surface area (Å²) in [5.74, 6) is 0.570. The molecule has 6 nitrogen and oxygen atoms in total. The van der Waals surface area contributed by atoms with Crippen molar-refractivity contribution < 1.29 is 0 Å². The Morgan fingerprint density at radius 3 is 2.75 bits per heavy atom. The molecule has 0 aliphatic carbocycles. The van der Waals surface area contributed by atoms with Crippen LogP contribution in [0, 0.1) is 12.3 Å². The van der Waals surface area contributed by atoms with Crippen LogP contribution in [0.15, 0.2) is 9.59 Å². The average molecular weight is 222 g/mol. The monoisotopic (exact) mass is 222 g/mol. The normalized spacial score (nSPS) is 15.8. The fourth-order valence-corrected chi connectivity index (χ4v) is 1.85. The molecule has 0 aromatic carbocycles. The number of likely N-dealkylation sites (tertiary alicyclic amines) is 1. The Morgan fingerprint density at radius 1 is 1.38 bits per heavy atom. The highest BCUT2D eigenvalue weighted by atomic mass is 16.2. The second kappa shape index (κ2) is 3.96. The zero-order valence-electron chi connectivity index (χ0n) is 9.09. The molecule has 0 radical (unpaired) electrons. The molecule has 1 saturated heterocycles. The van der Waals surface area contributed by atoms with Crippen molar-refractivity contribution in [1.82, 2.24) is 14.9 Å². The molecule has 0 atom stereocenters. The van der Waals surface area contributed by atoms with Gasteiger partial charge in [0.2, 0.25) is 0 Å². The number of aromatic amines is 2. The first kappa shape index (κ1) is 10.7. The summed E-state index contributed by atoms with van der Waals surface area (Å²) < 4.78 is 0. The quantitative estimate of drug-likeness (QED) is 0.654. The van der Waals surface area contributed by atoms with Gasteiger partial charge < -0.3 is 9.88 Å². The number of hydrogen-bond acceptors (Lipinski definition) is 3. The minimum absolute atomic E-state index is 0.357. The second-order valence-electron chi connectivity index (χ2n) is 3.98. The Bertz CT molecular complexity index is 528. The van der Waals surface area contributed by atoms with Gasteiger partial charge in [-0.05, 0) is 13.3 Å². The molecule has 0 unspecified atom stereocenters. The molecule has 1 fully saturated rings. The molecule has 3 N–H and O–H groups in total. The topological polar surface area (TPSA) is 92.8 Å². The fourth-order valence-electron chi connectivity index (χ4n) is 1.85. The van der Waals surface area contributed by atoms with Crippen molar-refractivity contribution in [2.75, 3.05) is 6.54 Å². The van der Waals surface area contributed by atoms with E-state index in [-0.39, 0.29) is 5.56 Å². The standard InChI is InChI=1S/C10H14N4O2/c1-6-7(12-10(16)13-9(6)15)5-14-4-2-3-8(14)11/h11H,2-5H2,1H3,(H2,12,13,15,16). The van der Waals surface area contributed by atoms with E-state index in [1.54, 1.807) is 6.92 Å². The third kappa shape index (κ3) is 1.91. The summed E-state index contributed by atoms with van der Waals surface area (Å²) in [4.78, 5) is 29.2. The number of amidine groups is 1.